The molecule has 0 aromatic carbocycles. The molecule has 13 heavy (non-hydrogen) atoms. The number of hydrogen-bond acceptors (Lipinski definition) is 1. The van der Waals surface area contributed by atoms with Gasteiger partial charge >= 0.3 is 0 Å². The fraction of sp³-hybridized carbons (Fsp3) is 0.500. The molecule has 0 heterocycles. The van der Waals surface area contributed by atoms with Crippen molar-refractivity contribution in [2.75, 3.05) is 6.54 Å². The fourth-order valence-corrected chi connectivity index (χ4v) is 2.21. The van der Waals surface area contributed by atoms with Gasteiger partial charge in [0.2, 0.25) is 0 Å². The molecule has 0 aromatic rings. The topological polar surface area (TPSA) is 12.0 Å². The van der Waals surface area contributed by atoms with E-state index in [9.17, 15) is 0 Å². The summed E-state index contributed by atoms with van der Waals surface area (Å²) in [6.45, 7) is 0.690. The molecule has 0 unspecified atom stereocenters. The number of nitrogens with one attached hydrogen (secondary N) is 1. The predicted molar refractivity (Wildman–Crippen MR) is 55.3 cm³/mol. The Kier molecular flexibility index (Phi) is 2.52. The molecule has 68 valence electrons. The Hall–Kier alpha value is -1.00. The maximum absolute atomic E-state index is 5.23. The van der Waals surface area contributed by atoms with E-state index in [1.165, 1.54) is 31.3 Å². The van der Waals surface area contributed by atoms with Gasteiger partial charge in [-0.3, -0.25) is 5.32 Å². The van der Waals surface area contributed by atoms with Crippen LogP contribution in [0.5, 0.6) is 0 Å². The zero-order valence-electron chi connectivity index (χ0n) is 7.84. The molecule has 0 saturated heterocycles. The van der Waals surface area contributed by atoms with Gasteiger partial charge in [-0.1, -0.05) is 18.1 Å². The first-order valence-electron chi connectivity index (χ1n) is 4.98. The van der Waals surface area contributed by atoms with Crippen molar-refractivity contribution in [3.8, 4) is 12.3 Å². The quantitative estimate of drug-likeness (QED) is 0.630. The van der Waals surface area contributed by atoms with Crippen molar-refractivity contribution in [1.82, 2.24) is 5.32 Å². The van der Waals surface area contributed by atoms with E-state index in [2.05, 4.69) is 23.4 Å². The van der Waals surface area contributed by atoms with Gasteiger partial charge in [-0.25, -0.2) is 0 Å². The first-order valence-corrected chi connectivity index (χ1v) is 4.98. The van der Waals surface area contributed by atoms with Crippen molar-refractivity contribution >= 4 is 0 Å². The number of rotatable bonds is 2. The van der Waals surface area contributed by atoms with Crippen LogP contribution < -0.4 is 5.32 Å². The zero-order chi connectivity index (χ0) is 9.10. The molecule has 1 fully saturated rings. The van der Waals surface area contributed by atoms with Crippen LogP contribution in [0.1, 0.15) is 25.7 Å². The maximum Gasteiger partial charge on any atom is 0.0578 e. The Labute approximate surface area is 79.9 Å². The van der Waals surface area contributed by atoms with Gasteiger partial charge in [0.15, 0.2) is 0 Å². The number of allylic oxidation sites excluding steroid dienone is 2. The van der Waals surface area contributed by atoms with Crippen LogP contribution in [0.15, 0.2) is 23.3 Å². The molecule has 2 aliphatic rings. The Balaban J connectivity index is 2.04. The van der Waals surface area contributed by atoms with Crippen LogP contribution in [-0.4, -0.2) is 12.6 Å². The van der Waals surface area contributed by atoms with Crippen molar-refractivity contribution in [2.45, 2.75) is 31.7 Å². The second-order valence-corrected chi connectivity index (χ2v) is 3.64. The summed E-state index contributed by atoms with van der Waals surface area (Å²) >= 11 is 0. The van der Waals surface area contributed by atoms with Gasteiger partial charge in [0.25, 0.3) is 0 Å². The van der Waals surface area contributed by atoms with Crippen molar-refractivity contribution < 1.29 is 0 Å². The van der Waals surface area contributed by atoms with Crippen LogP contribution in [-0.2, 0) is 0 Å². The van der Waals surface area contributed by atoms with Gasteiger partial charge in [-0.2, -0.15) is 0 Å². The van der Waals surface area contributed by atoms with Gasteiger partial charge < -0.3 is 0 Å². The highest BCUT2D eigenvalue weighted by Gasteiger charge is 2.25. The van der Waals surface area contributed by atoms with E-state index in [1.54, 1.807) is 5.57 Å². The monoisotopic (exact) mass is 173 g/mol. The summed E-state index contributed by atoms with van der Waals surface area (Å²) in [4.78, 5) is 0. The second-order valence-electron chi connectivity index (χ2n) is 3.64. The lowest BCUT2D eigenvalue weighted by molar-refractivity contribution is 0.620. The third-order valence-electron chi connectivity index (χ3n) is 2.82. The fourth-order valence-electron chi connectivity index (χ4n) is 2.21. The molecule has 2 rings (SSSR count). The third kappa shape index (κ3) is 1.68. The summed E-state index contributed by atoms with van der Waals surface area (Å²) in [5.74, 6) is 2.63. The van der Waals surface area contributed by atoms with Crippen molar-refractivity contribution in [1.29, 1.82) is 0 Å². The molecular weight excluding hydrogens is 158 g/mol. The zero-order valence-corrected chi connectivity index (χ0v) is 7.84. The van der Waals surface area contributed by atoms with Gasteiger partial charge in [-0.15, -0.1) is 6.42 Å². The van der Waals surface area contributed by atoms with E-state index < -0.39 is 0 Å². The lowest BCUT2D eigenvalue weighted by Crippen LogP contribution is -2.28. The average molecular weight is 173 g/mol. The van der Waals surface area contributed by atoms with Crippen LogP contribution in [0.2, 0.25) is 0 Å². The molecule has 2 aliphatic carbocycles. The first-order chi connectivity index (χ1) is 6.42. The molecule has 1 nitrogen and oxygen atoms in total. The minimum atomic E-state index is 0.530. The summed E-state index contributed by atoms with van der Waals surface area (Å²) in [7, 11) is 0. The minimum Gasteiger partial charge on any atom is -0.299 e. The number of hydrogen-bond donors (Lipinski definition) is 1. The van der Waals surface area contributed by atoms with Gasteiger partial charge in [0.1, 0.15) is 0 Å². The number of fused-ring (bicyclic) bond motifs is 1. The predicted octanol–water partition coefficient (Wildman–Crippen LogP) is 2.02. The molecule has 1 atom stereocenters. The summed E-state index contributed by atoms with van der Waals surface area (Å²) in [5.41, 5.74) is 3.07. The van der Waals surface area contributed by atoms with E-state index in [1.807, 2.05) is 0 Å². The molecule has 0 aliphatic heterocycles. The highest BCUT2D eigenvalue weighted by molar-refractivity contribution is 5.41. The van der Waals surface area contributed by atoms with Crippen LogP contribution in [0, 0.1) is 12.3 Å². The van der Waals surface area contributed by atoms with Crippen molar-refractivity contribution in [3.63, 3.8) is 0 Å². The summed E-state index contributed by atoms with van der Waals surface area (Å²) in [6, 6.07) is 0.530. The van der Waals surface area contributed by atoms with Crippen molar-refractivity contribution in [3.05, 3.63) is 23.3 Å². The normalized spacial score (nSPS) is 25.9. The summed E-state index contributed by atoms with van der Waals surface area (Å²) in [5, 5.41) is 3.39. The molecule has 0 bridgehead atoms. The number of terminal acetylenes is 1. The molecule has 0 aromatic heterocycles. The average Bonchev–Trinajstić information content (AvgIpc) is 2.58. The van der Waals surface area contributed by atoms with Gasteiger partial charge in [0.05, 0.1) is 6.54 Å². The summed E-state index contributed by atoms with van der Waals surface area (Å²) in [6.07, 6.45) is 14.9. The molecule has 1 saturated carbocycles. The summed E-state index contributed by atoms with van der Waals surface area (Å²) < 4.78 is 0. The first kappa shape index (κ1) is 8.59. The largest absolute Gasteiger partial charge is 0.299 e. The minimum absolute atomic E-state index is 0.530. The maximum atomic E-state index is 5.23. The van der Waals surface area contributed by atoms with Crippen LogP contribution >= 0.6 is 0 Å². The Bertz CT molecular complexity index is 291. The van der Waals surface area contributed by atoms with E-state index in [0.29, 0.717) is 12.6 Å². The van der Waals surface area contributed by atoms with Gasteiger partial charge in [0, 0.05) is 6.04 Å². The van der Waals surface area contributed by atoms with E-state index in [0.717, 1.165) is 0 Å². The van der Waals surface area contributed by atoms with E-state index in [-0.39, 0.29) is 0 Å². The van der Waals surface area contributed by atoms with E-state index in [4.69, 9.17) is 6.42 Å². The van der Waals surface area contributed by atoms with E-state index >= 15 is 0 Å². The molecule has 1 N–H and O–H groups in total. The SMILES string of the molecule is C#CCN[C@@H]1CCC2=CCCC=C21. The van der Waals surface area contributed by atoms with Crippen LogP contribution in [0.3, 0.4) is 0 Å². The Morgan fingerprint density at radius 2 is 2.31 bits per heavy atom. The highest BCUT2D eigenvalue weighted by Crippen LogP contribution is 2.34. The Morgan fingerprint density at radius 3 is 3.15 bits per heavy atom. The third-order valence-corrected chi connectivity index (χ3v) is 2.82. The lowest BCUT2D eigenvalue weighted by Gasteiger charge is -2.15. The van der Waals surface area contributed by atoms with Crippen LogP contribution in [0.4, 0.5) is 0 Å². The highest BCUT2D eigenvalue weighted by atomic mass is 14.9. The molecular formula is C12H15N. The Morgan fingerprint density at radius 1 is 1.46 bits per heavy atom. The molecule has 0 amide bonds. The molecule has 0 spiro atoms. The van der Waals surface area contributed by atoms with Gasteiger partial charge in [-0.05, 0) is 36.8 Å². The lowest BCUT2D eigenvalue weighted by atomic mass is 9.99. The van der Waals surface area contributed by atoms with Crippen molar-refractivity contribution in [2.24, 2.45) is 0 Å². The van der Waals surface area contributed by atoms with Crippen LogP contribution in [0.25, 0.3) is 0 Å². The second kappa shape index (κ2) is 3.81. The molecule has 1 heteroatoms. The standard InChI is InChI=1S/C12H15N/c1-2-9-13-12-8-7-10-5-3-4-6-11(10)12/h1,5-6,12-13H,3-4,7-9H2/t12-/m1/s1. The molecule has 0 radical (unpaired) electrons. The smallest absolute Gasteiger partial charge is 0.0578 e.